The molecule has 0 radical (unpaired) electrons. The number of rotatable bonds is 3. The molecule has 1 aliphatic heterocycles. The Morgan fingerprint density at radius 2 is 1.80 bits per heavy atom. The molecule has 1 saturated carbocycles. The minimum Gasteiger partial charge on any atom is -0.469 e. The van der Waals surface area contributed by atoms with Crippen LogP contribution in [-0.2, 0) is 23.8 Å². The summed E-state index contributed by atoms with van der Waals surface area (Å²) in [5.41, 5.74) is -1.27. The number of ether oxygens (including phenoxy) is 3. The van der Waals surface area contributed by atoms with E-state index in [1.54, 1.807) is 27.9 Å². The summed E-state index contributed by atoms with van der Waals surface area (Å²) >= 11 is 0. The predicted octanol–water partition coefficient (Wildman–Crippen LogP) is 2.52. The highest BCUT2D eigenvalue weighted by atomic mass is 16.6. The predicted molar refractivity (Wildman–Crippen MR) is 89.8 cm³/mol. The van der Waals surface area contributed by atoms with Crippen molar-refractivity contribution in [2.75, 3.05) is 20.8 Å². The monoisotopic (exact) mass is 355 g/mol. The third-order valence-electron chi connectivity index (χ3n) is 5.07. The molecule has 25 heavy (non-hydrogen) atoms. The van der Waals surface area contributed by atoms with Crippen molar-refractivity contribution in [2.24, 2.45) is 11.8 Å². The van der Waals surface area contributed by atoms with E-state index >= 15 is 0 Å². The lowest BCUT2D eigenvalue weighted by Crippen LogP contribution is -2.53. The van der Waals surface area contributed by atoms with Gasteiger partial charge in [0.05, 0.1) is 31.1 Å². The number of hydrogen-bond acceptors (Lipinski definition) is 6. The Labute approximate surface area is 149 Å². The Morgan fingerprint density at radius 3 is 2.28 bits per heavy atom. The topological polar surface area (TPSA) is 82.1 Å². The van der Waals surface area contributed by atoms with Gasteiger partial charge in [0.15, 0.2) is 0 Å². The van der Waals surface area contributed by atoms with E-state index in [-0.39, 0.29) is 30.3 Å². The second-order valence-electron chi connectivity index (χ2n) is 8.03. The highest BCUT2D eigenvalue weighted by molar-refractivity contribution is 5.96. The van der Waals surface area contributed by atoms with Crippen molar-refractivity contribution in [3.05, 3.63) is 0 Å². The first-order valence-corrected chi connectivity index (χ1v) is 8.77. The van der Waals surface area contributed by atoms with Gasteiger partial charge in [0.25, 0.3) is 0 Å². The van der Waals surface area contributed by atoms with Crippen molar-refractivity contribution in [1.82, 2.24) is 4.90 Å². The molecule has 2 amide bonds. The second kappa shape index (κ2) is 7.32. The van der Waals surface area contributed by atoms with Gasteiger partial charge in [-0.15, -0.1) is 0 Å². The lowest BCUT2D eigenvalue weighted by Gasteiger charge is -2.42. The number of hydrogen-bond donors (Lipinski definition) is 0. The number of imide groups is 1. The summed E-state index contributed by atoms with van der Waals surface area (Å²) < 4.78 is 15.5. The highest BCUT2D eigenvalue weighted by Crippen LogP contribution is 2.46. The number of likely N-dealkylation sites (tertiary alicyclic amines) is 1. The number of carbonyl (C=O) groups excluding carboxylic acids is 3. The smallest absolute Gasteiger partial charge is 0.417 e. The Morgan fingerprint density at radius 1 is 1.20 bits per heavy atom. The van der Waals surface area contributed by atoms with Crippen LogP contribution in [0.3, 0.4) is 0 Å². The lowest BCUT2D eigenvalue weighted by molar-refractivity contribution is -0.147. The normalized spacial score (nSPS) is 29.8. The van der Waals surface area contributed by atoms with Crippen molar-refractivity contribution in [3.63, 3.8) is 0 Å². The van der Waals surface area contributed by atoms with Gasteiger partial charge in [0.2, 0.25) is 5.91 Å². The summed E-state index contributed by atoms with van der Waals surface area (Å²) in [4.78, 5) is 38.6. The molecule has 0 aromatic carbocycles. The maximum Gasteiger partial charge on any atom is 0.417 e. The van der Waals surface area contributed by atoms with Crippen LogP contribution in [-0.4, -0.2) is 54.8 Å². The SMILES string of the molecule is COCC1C[C@]2(CC[C@@H](C(=O)OC)CC2)N(C(=O)OC(C)(C)C)C1=O. The molecule has 0 aromatic rings. The first-order chi connectivity index (χ1) is 11.6. The largest absolute Gasteiger partial charge is 0.469 e. The summed E-state index contributed by atoms with van der Waals surface area (Å²) in [5, 5.41) is 0. The number of nitrogens with zero attached hydrogens (tertiary/aromatic N) is 1. The van der Waals surface area contributed by atoms with Crippen molar-refractivity contribution < 1.29 is 28.6 Å². The Hall–Kier alpha value is -1.63. The zero-order valence-electron chi connectivity index (χ0n) is 15.8. The summed E-state index contributed by atoms with van der Waals surface area (Å²) in [5.74, 6) is -0.996. The Kier molecular flexibility index (Phi) is 5.76. The molecule has 1 spiro atoms. The lowest BCUT2D eigenvalue weighted by atomic mass is 9.74. The molecule has 1 unspecified atom stereocenters. The molecule has 7 nitrogen and oxygen atoms in total. The van der Waals surface area contributed by atoms with E-state index in [1.807, 2.05) is 0 Å². The Bertz CT molecular complexity index is 530. The van der Waals surface area contributed by atoms with Crippen LogP contribution in [0.5, 0.6) is 0 Å². The van der Waals surface area contributed by atoms with E-state index < -0.39 is 17.2 Å². The van der Waals surface area contributed by atoms with Crippen molar-refractivity contribution in [2.45, 2.75) is 64.0 Å². The van der Waals surface area contributed by atoms with E-state index in [9.17, 15) is 14.4 Å². The second-order valence-corrected chi connectivity index (χ2v) is 8.03. The maximum absolute atomic E-state index is 12.8. The van der Waals surface area contributed by atoms with E-state index in [0.29, 0.717) is 32.1 Å². The average molecular weight is 355 g/mol. The van der Waals surface area contributed by atoms with Gasteiger partial charge in [-0.2, -0.15) is 0 Å². The minimum atomic E-state index is -0.679. The fourth-order valence-corrected chi connectivity index (χ4v) is 3.96. The third-order valence-corrected chi connectivity index (χ3v) is 5.07. The van der Waals surface area contributed by atoms with E-state index in [2.05, 4.69) is 0 Å². The van der Waals surface area contributed by atoms with E-state index in [0.717, 1.165) is 0 Å². The highest BCUT2D eigenvalue weighted by Gasteiger charge is 2.56. The maximum atomic E-state index is 12.8. The van der Waals surface area contributed by atoms with Crippen LogP contribution >= 0.6 is 0 Å². The average Bonchev–Trinajstić information content (AvgIpc) is 2.78. The van der Waals surface area contributed by atoms with Crippen molar-refractivity contribution in [3.8, 4) is 0 Å². The standard InChI is InChI=1S/C18H29NO6/c1-17(2,3)25-16(22)19-14(20)13(11-23-4)10-18(19)8-6-12(7-9-18)15(21)24-5/h12-13H,6-11H2,1-5H3/t12-,13?,18-. The molecule has 1 saturated heterocycles. The van der Waals surface area contributed by atoms with Gasteiger partial charge in [0.1, 0.15) is 5.60 Å². The van der Waals surface area contributed by atoms with Crippen LogP contribution < -0.4 is 0 Å². The van der Waals surface area contributed by atoms with Gasteiger partial charge in [0, 0.05) is 7.11 Å². The summed E-state index contributed by atoms with van der Waals surface area (Å²) in [6.45, 7) is 5.61. The number of esters is 1. The minimum absolute atomic E-state index is 0.173. The number of methoxy groups -OCH3 is 2. The molecular formula is C18H29NO6. The summed E-state index contributed by atoms with van der Waals surface area (Å²) in [6.07, 6.45) is 2.30. The van der Waals surface area contributed by atoms with Crippen LogP contribution in [0.1, 0.15) is 52.9 Å². The van der Waals surface area contributed by atoms with Crippen molar-refractivity contribution in [1.29, 1.82) is 0 Å². The zero-order valence-corrected chi connectivity index (χ0v) is 15.8. The zero-order chi connectivity index (χ0) is 18.8. The quantitative estimate of drug-likeness (QED) is 0.724. The van der Waals surface area contributed by atoms with E-state index in [4.69, 9.17) is 14.2 Å². The van der Waals surface area contributed by atoms with Crippen LogP contribution in [0.15, 0.2) is 0 Å². The molecule has 7 heteroatoms. The first kappa shape index (κ1) is 19.7. The summed E-state index contributed by atoms with van der Waals surface area (Å²) in [7, 11) is 2.93. The van der Waals surface area contributed by atoms with Gasteiger partial charge < -0.3 is 14.2 Å². The molecular weight excluding hydrogens is 326 g/mol. The molecule has 1 heterocycles. The first-order valence-electron chi connectivity index (χ1n) is 8.77. The molecule has 1 aliphatic carbocycles. The molecule has 2 rings (SSSR count). The molecule has 2 fully saturated rings. The van der Waals surface area contributed by atoms with Crippen LogP contribution in [0.4, 0.5) is 4.79 Å². The number of amides is 2. The van der Waals surface area contributed by atoms with Crippen LogP contribution in [0, 0.1) is 11.8 Å². The van der Waals surface area contributed by atoms with Crippen LogP contribution in [0.2, 0.25) is 0 Å². The van der Waals surface area contributed by atoms with Gasteiger partial charge in [-0.1, -0.05) is 0 Å². The Balaban J connectivity index is 2.22. The van der Waals surface area contributed by atoms with Gasteiger partial charge in [-0.3, -0.25) is 9.59 Å². The molecule has 1 atom stereocenters. The van der Waals surface area contributed by atoms with Gasteiger partial charge >= 0.3 is 12.1 Å². The van der Waals surface area contributed by atoms with E-state index in [1.165, 1.54) is 12.0 Å². The molecule has 0 bridgehead atoms. The molecule has 0 N–H and O–H groups in total. The fourth-order valence-electron chi connectivity index (χ4n) is 3.96. The number of carbonyl (C=O) groups is 3. The van der Waals surface area contributed by atoms with Gasteiger partial charge in [-0.05, 0) is 52.9 Å². The van der Waals surface area contributed by atoms with Crippen molar-refractivity contribution >= 4 is 18.0 Å². The third kappa shape index (κ3) is 4.14. The molecule has 2 aliphatic rings. The molecule has 0 aromatic heterocycles. The fraction of sp³-hybridized carbons (Fsp3) is 0.833. The summed E-state index contributed by atoms with van der Waals surface area (Å²) in [6, 6.07) is 0. The van der Waals surface area contributed by atoms with Gasteiger partial charge in [-0.25, -0.2) is 9.69 Å². The molecule has 142 valence electrons. The van der Waals surface area contributed by atoms with Crippen LogP contribution in [0.25, 0.3) is 0 Å².